The van der Waals surface area contributed by atoms with Crippen molar-refractivity contribution in [2.45, 2.75) is 26.8 Å². The zero-order valence-electron chi connectivity index (χ0n) is 12.0. The molecule has 0 bridgehead atoms. The first-order chi connectivity index (χ1) is 9.43. The molecule has 0 aliphatic carbocycles. The van der Waals surface area contributed by atoms with Crippen LogP contribution in [0.1, 0.15) is 23.9 Å². The van der Waals surface area contributed by atoms with E-state index in [0.29, 0.717) is 24.5 Å². The zero-order chi connectivity index (χ0) is 14.9. The van der Waals surface area contributed by atoms with E-state index >= 15 is 0 Å². The number of nitrogens with one attached hydrogen (secondary N) is 1. The lowest BCUT2D eigenvalue weighted by molar-refractivity contribution is -0.384. The quantitative estimate of drug-likeness (QED) is 0.661. The fourth-order valence-corrected chi connectivity index (χ4v) is 2.20. The molecule has 20 heavy (non-hydrogen) atoms. The van der Waals surface area contributed by atoms with Gasteiger partial charge in [0.1, 0.15) is 5.69 Å². The van der Waals surface area contributed by atoms with Crippen LogP contribution in [0.25, 0.3) is 0 Å². The van der Waals surface area contributed by atoms with Crippen LogP contribution < -0.4 is 5.32 Å². The van der Waals surface area contributed by atoms with E-state index in [1.165, 1.54) is 4.68 Å². The fraction of sp³-hybridized carbons (Fsp3) is 0.500. The highest BCUT2D eigenvalue weighted by Gasteiger charge is 2.25. The second-order valence-electron chi connectivity index (χ2n) is 4.65. The van der Waals surface area contributed by atoms with Gasteiger partial charge in [-0.1, -0.05) is 6.92 Å². The van der Waals surface area contributed by atoms with E-state index in [1.807, 2.05) is 27.1 Å². The molecular formula is C12H18N6O2. The van der Waals surface area contributed by atoms with Crippen molar-refractivity contribution in [2.24, 2.45) is 14.1 Å². The SMILES string of the molecule is CCc1nn(C)c(NCc2cn(C)nc2C)c1[N+](=O)[O-]. The third kappa shape index (κ3) is 2.49. The van der Waals surface area contributed by atoms with E-state index in [1.54, 1.807) is 11.7 Å². The molecule has 0 amide bonds. The summed E-state index contributed by atoms with van der Waals surface area (Å²) in [6, 6.07) is 0. The van der Waals surface area contributed by atoms with Gasteiger partial charge in [0.25, 0.3) is 0 Å². The van der Waals surface area contributed by atoms with Gasteiger partial charge in [0, 0.05) is 32.4 Å². The second-order valence-corrected chi connectivity index (χ2v) is 4.65. The van der Waals surface area contributed by atoms with Gasteiger partial charge < -0.3 is 5.32 Å². The topological polar surface area (TPSA) is 90.8 Å². The molecule has 0 atom stereocenters. The summed E-state index contributed by atoms with van der Waals surface area (Å²) in [4.78, 5) is 10.8. The molecule has 1 N–H and O–H groups in total. The van der Waals surface area contributed by atoms with Gasteiger partial charge in [-0.2, -0.15) is 10.2 Å². The summed E-state index contributed by atoms with van der Waals surface area (Å²) < 4.78 is 3.24. The van der Waals surface area contributed by atoms with E-state index in [0.717, 1.165) is 11.3 Å². The fourth-order valence-electron chi connectivity index (χ4n) is 2.20. The molecule has 0 aliphatic heterocycles. The van der Waals surface area contributed by atoms with Crippen molar-refractivity contribution in [2.75, 3.05) is 5.32 Å². The van der Waals surface area contributed by atoms with Crippen LogP contribution in [0.4, 0.5) is 11.5 Å². The van der Waals surface area contributed by atoms with Crippen molar-refractivity contribution in [1.29, 1.82) is 0 Å². The van der Waals surface area contributed by atoms with Crippen molar-refractivity contribution in [1.82, 2.24) is 19.6 Å². The maximum absolute atomic E-state index is 11.2. The second kappa shape index (κ2) is 5.32. The van der Waals surface area contributed by atoms with Crippen LogP contribution in [0, 0.1) is 17.0 Å². The minimum atomic E-state index is -0.385. The van der Waals surface area contributed by atoms with Crippen LogP contribution in [0.5, 0.6) is 0 Å². The molecule has 2 aromatic heterocycles. The van der Waals surface area contributed by atoms with Crippen molar-refractivity contribution in [3.8, 4) is 0 Å². The minimum absolute atomic E-state index is 0.0524. The molecule has 0 fully saturated rings. The number of aromatic nitrogens is 4. The summed E-state index contributed by atoms with van der Waals surface area (Å²) in [6.45, 7) is 4.24. The van der Waals surface area contributed by atoms with Crippen molar-refractivity contribution in [3.05, 3.63) is 33.3 Å². The number of nitro groups is 1. The third-order valence-corrected chi connectivity index (χ3v) is 3.17. The third-order valence-electron chi connectivity index (χ3n) is 3.17. The van der Waals surface area contributed by atoms with E-state index in [9.17, 15) is 10.1 Å². The maximum atomic E-state index is 11.2. The number of hydrogen-bond donors (Lipinski definition) is 1. The molecular weight excluding hydrogens is 260 g/mol. The molecule has 0 aromatic carbocycles. The monoisotopic (exact) mass is 278 g/mol. The van der Waals surface area contributed by atoms with Gasteiger partial charge in [-0.05, 0) is 13.3 Å². The smallest absolute Gasteiger partial charge is 0.333 e. The normalized spacial score (nSPS) is 10.8. The molecule has 0 saturated carbocycles. The molecule has 2 aromatic rings. The average molecular weight is 278 g/mol. The van der Waals surface area contributed by atoms with E-state index in [4.69, 9.17) is 0 Å². The number of rotatable bonds is 5. The molecule has 0 spiro atoms. The number of nitrogens with zero attached hydrogens (tertiary/aromatic N) is 5. The van der Waals surface area contributed by atoms with Gasteiger partial charge in [0.05, 0.1) is 10.6 Å². The largest absolute Gasteiger partial charge is 0.360 e. The van der Waals surface area contributed by atoms with Crippen LogP contribution in [0.2, 0.25) is 0 Å². The van der Waals surface area contributed by atoms with E-state index < -0.39 is 0 Å². The first-order valence-electron chi connectivity index (χ1n) is 6.37. The summed E-state index contributed by atoms with van der Waals surface area (Å²) in [7, 11) is 3.54. The van der Waals surface area contributed by atoms with Crippen molar-refractivity contribution >= 4 is 11.5 Å². The van der Waals surface area contributed by atoms with Gasteiger partial charge >= 0.3 is 5.69 Å². The first kappa shape index (κ1) is 14.0. The Balaban J connectivity index is 2.27. The highest BCUT2D eigenvalue weighted by Crippen LogP contribution is 2.28. The minimum Gasteiger partial charge on any atom is -0.360 e. The Morgan fingerprint density at radius 3 is 2.60 bits per heavy atom. The molecule has 0 aliphatic rings. The Bertz CT molecular complexity index is 643. The van der Waals surface area contributed by atoms with Crippen LogP contribution >= 0.6 is 0 Å². The molecule has 8 heteroatoms. The molecule has 2 heterocycles. The van der Waals surface area contributed by atoms with Gasteiger partial charge in [0.2, 0.25) is 5.82 Å². The Morgan fingerprint density at radius 1 is 1.40 bits per heavy atom. The lowest BCUT2D eigenvalue weighted by Crippen LogP contribution is -2.06. The molecule has 108 valence electrons. The Kier molecular flexibility index (Phi) is 3.73. The lowest BCUT2D eigenvalue weighted by Gasteiger charge is -2.05. The number of aryl methyl sites for hydroxylation is 4. The lowest BCUT2D eigenvalue weighted by atomic mass is 10.2. The van der Waals surface area contributed by atoms with Gasteiger partial charge in [-0.25, -0.2) is 4.68 Å². The first-order valence-corrected chi connectivity index (χ1v) is 6.37. The predicted octanol–water partition coefficient (Wildman–Crippen LogP) is 1.54. The number of hydrogen-bond acceptors (Lipinski definition) is 5. The Hall–Kier alpha value is -2.38. The van der Waals surface area contributed by atoms with Gasteiger partial charge in [0.15, 0.2) is 0 Å². The molecule has 0 unspecified atom stereocenters. The summed E-state index contributed by atoms with van der Waals surface area (Å²) >= 11 is 0. The highest BCUT2D eigenvalue weighted by atomic mass is 16.6. The summed E-state index contributed by atoms with van der Waals surface area (Å²) in [5.74, 6) is 0.426. The molecule has 0 radical (unpaired) electrons. The summed E-state index contributed by atoms with van der Waals surface area (Å²) in [5.41, 5.74) is 2.45. The zero-order valence-corrected chi connectivity index (χ0v) is 12.0. The van der Waals surface area contributed by atoms with Gasteiger partial charge in [-0.3, -0.25) is 14.8 Å². The van der Waals surface area contributed by atoms with E-state index in [-0.39, 0.29) is 10.6 Å². The van der Waals surface area contributed by atoms with Crippen LogP contribution in [-0.4, -0.2) is 24.5 Å². The van der Waals surface area contributed by atoms with Crippen molar-refractivity contribution < 1.29 is 4.92 Å². The van der Waals surface area contributed by atoms with Crippen LogP contribution in [0.15, 0.2) is 6.20 Å². The number of anilines is 1. The summed E-state index contributed by atoms with van der Waals surface area (Å²) in [6.07, 6.45) is 2.42. The standard InChI is InChI=1S/C12H18N6O2/c1-5-10-11(18(19)20)12(17(4)15-10)13-6-9-7-16(3)14-8(9)2/h7,13H,5-6H2,1-4H3. The van der Waals surface area contributed by atoms with Crippen LogP contribution in [-0.2, 0) is 27.1 Å². The molecule has 8 nitrogen and oxygen atoms in total. The Morgan fingerprint density at radius 2 is 2.10 bits per heavy atom. The Labute approximate surface area is 116 Å². The average Bonchev–Trinajstić information content (AvgIpc) is 2.86. The summed E-state index contributed by atoms with van der Waals surface area (Å²) in [5, 5.41) is 22.7. The highest BCUT2D eigenvalue weighted by molar-refractivity contribution is 5.60. The molecule has 0 saturated heterocycles. The maximum Gasteiger partial charge on any atom is 0.333 e. The van der Waals surface area contributed by atoms with Crippen molar-refractivity contribution in [3.63, 3.8) is 0 Å². The van der Waals surface area contributed by atoms with E-state index in [2.05, 4.69) is 15.5 Å². The predicted molar refractivity (Wildman–Crippen MR) is 74.5 cm³/mol. The van der Waals surface area contributed by atoms with Gasteiger partial charge in [-0.15, -0.1) is 0 Å². The van der Waals surface area contributed by atoms with Crippen LogP contribution in [0.3, 0.4) is 0 Å². The molecule has 2 rings (SSSR count).